The van der Waals surface area contributed by atoms with Crippen LogP contribution in [0.3, 0.4) is 0 Å². The standard InChI is InChI=1S/C7H7NO2/c9-8(6-10-8)7-4-2-1-3-5-7/h1-5H,6H2. The lowest BCUT2D eigenvalue weighted by molar-refractivity contribution is 0.262. The van der Waals surface area contributed by atoms with Crippen molar-refractivity contribution in [1.82, 2.24) is 4.81 Å². The van der Waals surface area contributed by atoms with Crippen LogP contribution in [0.5, 0.6) is 0 Å². The molecule has 2 rings (SSSR count). The minimum atomic E-state index is -0.610. The molecule has 1 aromatic rings. The Bertz CT molecular complexity index is 231. The molecule has 1 saturated heterocycles. The molecule has 1 unspecified atom stereocenters. The van der Waals surface area contributed by atoms with Gasteiger partial charge in [0.25, 0.3) is 6.73 Å². The Hall–Kier alpha value is -0.900. The molecule has 0 bridgehead atoms. The summed E-state index contributed by atoms with van der Waals surface area (Å²) in [5.41, 5.74) is 0.669. The normalized spacial score (nSPS) is 30.1. The number of hydrogen-bond acceptors (Lipinski definition) is 2. The second-order valence-electron chi connectivity index (χ2n) is 2.27. The van der Waals surface area contributed by atoms with Crippen molar-refractivity contribution in [3.63, 3.8) is 0 Å². The van der Waals surface area contributed by atoms with E-state index in [4.69, 9.17) is 0 Å². The average Bonchev–Trinajstić information content (AvgIpc) is 2.72. The molecule has 0 saturated carbocycles. The summed E-state index contributed by atoms with van der Waals surface area (Å²) in [6.07, 6.45) is 0. The van der Waals surface area contributed by atoms with Gasteiger partial charge in [-0.15, -0.1) is 9.65 Å². The topological polar surface area (TPSA) is 35.6 Å². The highest BCUT2D eigenvalue weighted by molar-refractivity contribution is 5.42. The zero-order valence-corrected chi connectivity index (χ0v) is 5.36. The number of nitrogens with zero attached hydrogens (tertiary/aromatic N) is 1. The number of rotatable bonds is 1. The highest BCUT2D eigenvalue weighted by Crippen LogP contribution is 2.31. The van der Waals surface area contributed by atoms with Crippen LogP contribution in [0.25, 0.3) is 0 Å². The van der Waals surface area contributed by atoms with E-state index in [-0.39, 0.29) is 6.73 Å². The van der Waals surface area contributed by atoms with Gasteiger partial charge in [0.2, 0.25) is 0 Å². The van der Waals surface area contributed by atoms with Gasteiger partial charge in [-0.1, -0.05) is 18.2 Å². The van der Waals surface area contributed by atoms with Crippen molar-refractivity contribution in [2.75, 3.05) is 6.73 Å². The number of hydrogen-bond donors (Lipinski definition) is 0. The maximum atomic E-state index is 11.1. The third-order valence-electron chi connectivity index (χ3n) is 1.51. The van der Waals surface area contributed by atoms with Crippen molar-refractivity contribution in [3.8, 4) is 0 Å². The van der Waals surface area contributed by atoms with E-state index in [0.717, 1.165) is 0 Å². The first kappa shape index (κ1) is 5.85. The summed E-state index contributed by atoms with van der Waals surface area (Å²) in [5.74, 6) is 0. The average molecular weight is 137 g/mol. The zero-order chi connectivity index (χ0) is 7.03. The lowest BCUT2D eigenvalue weighted by Gasteiger charge is -2.11. The van der Waals surface area contributed by atoms with Crippen molar-refractivity contribution < 1.29 is 4.84 Å². The summed E-state index contributed by atoms with van der Waals surface area (Å²) in [6.45, 7) is 0.254. The molecule has 1 aliphatic heterocycles. The summed E-state index contributed by atoms with van der Waals surface area (Å²) >= 11 is 0. The smallest absolute Gasteiger partial charge is 0.270 e. The monoisotopic (exact) mass is 137 g/mol. The molecule has 0 spiro atoms. The van der Waals surface area contributed by atoms with E-state index in [0.29, 0.717) is 5.69 Å². The van der Waals surface area contributed by atoms with Crippen molar-refractivity contribution in [2.24, 2.45) is 0 Å². The number of hydroxylamine groups is 2. The Kier molecular flexibility index (Phi) is 1.05. The van der Waals surface area contributed by atoms with E-state index >= 15 is 0 Å². The first-order valence-electron chi connectivity index (χ1n) is 3.10. The number of benzene rings is 1. The lowest BCUT2D eigenvalue weighted by Crippen LogP contribution is -2.13. The van der Waals surface area contributed by atoms with Crippen LogP contribution in [0, 0.1) is 5.21 Å². The molecule has 1 fully saturated rings. The maximum absolute atomic E-state index is 11.1. The Morgan fingerprint density at radius 2 is 1.90 bits per heavy atom. The van der Waals surface area contributed by atoms with Gasteiger partial charge >= 0.3 is 0 Å². The predicted octanol–water partition coefficient (Wildman–Crippen LogP) is 1.39. The third-order valence-corrected chi connectivity index (χ3v) is 1.51. The van der Waals surface area contributed by atoms with Crippen LogP contribution in [-0.2, 0) is 4.84 Å². The second-order valence-corrected chi connectivity index (χ2v) is 2.27. The van der Waals surface area contributed by atoms with E-state index in [1.165, 1.54) is 0 Å². The highest BCUT2D eigenvalue weighted by atomic mass is 17.1. The Morgan fingerprint density at radius 1 is 1.30 bits per heavy atom. The van der Waals surface area contributed by atoms with Gasteiger partial charge in [-0.05, 0) is 0 Å². The van der Waals surface area contributed by atoms with Crippen LogP contribution in [0.2, 0.25) is 0 Å². The Labute approximate surface area is 58.6 Å². The fourth-order valence-corrected chi connectivity index (χ4v) is 0.857. The minimum absolute atomic E-state index is 0.254. The fraction of sp³-hybridized carbons (Fsp3) is 0.143. The molecular formula is C7H7NO2. The third kappa shape index (κ3) is 0.806. The molecular weight excluding hydrogens is 130 g/mol. The molecule has 3 nitrogen and oxygen atoms in total. The number of quaternary nitrogens is 1. The van der Waals surface area contributed by atoms with Crippen molar-refractivity contribution in [2.45, 2.75) is 0 Å². The molecule has 0 aromatic heterocycles. The molecule has 1 atom stereocenters. The Morgan fingerprint density at radius 3 is 2.40 bits per heavy atom. The molecule has 0 radical (unpaired) electrons. The zero-order valence-electron chi connectivity index (χ0n) is 5.36. The fourth-order valence-electron chi connectivity index (χ4n) is 0.857. The van der Waals surface area contributed by atoms with Crippen molar-refractivity contribution >= 4 is 5.69 Å². The number of para-hydroxylation sites is 1. The van der Waals surface area contributed by atoms with Crippen LogP contribution in [0.1, 0.15) is 0 Å². The lowest BCUT2D eigenvalue weighted by atomic mass is 10.3. The van der Waals surface area contributed by atoms with Crippen LogP contribution < -0.4 is 4.81 Å². The highest BCUT2D eigenvalue weighted by Gasteiger charge is 2.38. The van der Waals surface area contributed by atoms with Gasteiger partial charge < -0.3 is 5.21 Å². The molecule has 0 amide bonds. The van der Waals surface area contributed by atoms with Gasteiger partial charge in [0, 0.05) is 12.1 Å². The quantitative estimate of drug-likeness (QED) is 0.333. The van der Waals surface area contributed by atoms with Gasteiger partial charge in [0.05, 0.1) is 0 Å². The van der Waals surface area contributed by atoms with Gasteiger partial charge in [-0.25, -0.2) is 0 Å². The van der Waals surface area contributed by atoms with Crippen LogP contribution >= 0.6 is 0 Å². The summed E-state index contributed by atoms with van der Waals surface area (Å²) in [4.78, 5) is 4.05. The molecule has 3 heteroatoms. The predicted molar refractivity (Wildman–Crippen MR) is 37.6 cm³/mol. The van der Waals surface area contributed by atoms with E-state index in [1.807, 2.05) is 18.2 Å². The molecule has 1 aromatic carbocycles. The first-order valence-corrected chi connectivity index (χ1v) is 3.10. The van der Waals surface area contributed by atoms with Gasteiger partial charge in [0.1, 0.15) is 0 Å². The molecule has 10 heavy (non-hydrogen) atoms. The van der Waals surface area contributed by atoms with Crippen LogP contribution in [-0.4, -0.2) is 6.73 Å². The van der Waals surface area contributed by atoms with Gasteiger partial charge in [-0.3, -0.25) is 0 Å². The molecule has 1 heterocycles. The van der Waals surface area contributed by atoms with Crippen LogP contribution in [0.15, 0.2) is 30.3 Å². The summed E-state index contributed by atoms with van der Waals surface area (Å²) in [6, 6.07) is 9.06. The SMILES string of the molecule is [O-][N+]1(c2ccccc2)CO1. The van der Waals surface area contributed by atoms with Gasteiger partial charge in [-0.2, -0.15) is 0 Å². The molecule has 52 valence electrons. The second kappa shape index (κ2) is 1.79. The Balaban J connectivity index is 2.35. The molecule has 1 aliphatic rings. The molecule has 0 N–H and O–H groups in total. The molecule has 0 aliphatic carbocycles. The van der Waals surface area contributed by atoms with Crippen LogP contribution in [0.4, 0.5) is 5.69 Å². The summed E-state index contributed by atoms with van der Waals surface area (Å²) in [7, 11) is 0. The van der Waals surface area contributed by atoms with E-state index < -0.39 is 4.81 Å². The van der Waals surface area contributed by atoms with Gasteiger partial charge in [0.15, 0.2) is 5.69 Å². The van der Waals surface area contributed by atoms with E-state index in [1.54, 1.807) is 12.1 Å². The summed E-state index contributed by atoms with van der Waals surface area (Å²) in [5, 5.41) is 11.1. The maximum Gasteiger partial charge on any atom is 0.270 e. The van der Waals surface area contributed by atoms with Crippen molar-refractivity contribution in [1.29, 1.82) is 0 Å². The summed E-state index contributed by atoms with van der Waals surface area (Å²) < 4.78 is 0. The largest absolute Gasteiger partial charge is 0.591 e. The van der Waals surface area contributed by atoms with Crippen molar-refractivity contribution in [3.05, 3.63) is 35.5 Å². The first-order chi connectivity index (χ1) is 4.81. The minimum Gasteiger partial charge on any atom is -0.591 e. The van der Waals surface area contributed by atoms with E-state index in [2.05, 4.69) is 4.84 Å². The van der Waals surface area contributed by atoms with E-state index in [9.17, 15) is 5.21 Å².